The first-order valence-electron chi connectivity index (χ1n) is 6.30. The van der Waals surface area contributed by atoms with E-state index >= 15 is 0 Å². The molecule has 20 heavy (non-hydrogen) atoms. The average molecular weight is 301 g/mol. The molecule has 1 aromatic rings. The Balaban J connectivity index is 3.08. The van der Waals surface area contributed by atoms with Crippen LogP contribution in [0.1, 0.15) is 30.6 Å². The lowest BCUT2D eigenvalue weighted by molar-refractivity contribution is 0.0696. The first-order valence-corrected chi connectivity index (χ1v) is 7.74. The smallest absolute Gasteiger partial charge is 0.335 e. The van der Waals surface area contributed by atoms with Crippen molar-refractivity contribution in [1.82, 2.24) is 4.31 Å². The summed E-state index contributed by atoms with van der Waals surface area (Å²) in [4.78, 5) is 10.8. The highest BCUT2D eigenvalue weighted by atomic mass is 32.2. The highest BCUT2D eigenvalue weighted by Crippen LogP contribution is 2.17. The van der Waals surface area contributed by atoms with Crippen molar-refractivity contribution >= 4 is 16.0 Å². The Labute approximate surface area is 118 Å². The van der Waals surface area contributed by atoms with E-state index in [0.29, 0.717) is 13.0 Å². The van der Waals surface area contributed by atoms with Crippen LogP contribution in [0.25, 0.3) is 0 Å². The van der Waals surface area contributed by atoms with E-state index in [-0.39, 0.29) is 17.0 Å². The number of nitrogens with zero attached hydrogens (tertiary/aromatic N) is 1. The van der Waals surface area contributed by atoms with Gasteiger partial charge in [-0.05, 0) is 37.6 Å². The van der Waals surface area contributed by atoms with Gasteiger partial charge >= 0.3 is 5.97 Å². The van der Waals surface area contributed by atoms with Gasteiger partial charge in [-0.3, -0.25) is 0 Å². The van der Waals surface area contributed by atoms with Crippen molar-refractivity contribution in [2.75, 3.05) is 13.1 Å². The molecule has 1 aromatic carbocycles. The Morgan fingerprint density at radius 2 is 1.85 bits per heavy atom. The van der Waals surface area contributed by atoms with Crippen LogP contribution in [0.15, 0.2) is 29.2 Å². The van der Waals surface area contributed by atoms with E-state index < -0.39 is 22.1 Å². The fraction of sp³-hybridized carbons (Fsp3) is 0.462. The van der Waals surface area contributed by atoms with Crippen LogP contribution in [0.4, 0.5) is 0 Å². The molecule has 0 heterocycles. The van der Waals surface area contributed by atoms with E-state index in [4.69, 9.17) is 5.11 Å². The Morgan fingerprint density at radius 3 is 2.25 bits per heavy atom. The predicted octanol–water partition coefficient (Wildman–Crippen LogP) is 1.17. The van der Waals surface area contributed by atoms with Gasteiger partial charge in [-0.25, -0.2) is 13.2 Å². The molecule has 0 amide bonds. The van der Waals surface area contributed by atoms with Crippen molar-refractivity contribution < 1.29 is 23.4 Å². The molecule has 0 aliphatic rings. The van der Waals surface area contributed by atoms with Crippen LogP contribution in [0.5, 0.6) is 0 Å². The van der Waals surface area contributed by atoms with Gasteiger partial charge in [0.1, 0.15) is 0 Å². The quantitative estimate of drug-likeness (QED) is 0.788. The predicted molar refractivity (Wildman–Crippen MR) is 74.1 cm³/mol. The molecule has 1 atom stereocenters. The van der Waals surface area contributed by atoms with Crippen molar-refractivity contribution in [1.29, 1.82) is 0 Å². The standard InChI is InChI=1S/C13H19NO5S/c1-3-8-14(9-10(2)15)20(18,19)12-6-4-11(5-7-12)13(16)17/h4-7,10,15H,3,8-9H2,1-2H3,(H,16,17)/t10-/m0/s1. The summed E-state index contributed by atoms with van der Waals surface area (Å²) >= 11 is 0. The van der Waals surface area contributed by atoms with Gasteiger partial charge in [-0.2, -0.15) is 4.31 Å². The number of carbonyl (C=O) groups is 1. The van der Waals surface area contributed by atoms with Crippen molar-refractivity contribution in [3.8, 4) is 0 Å². The van der Waals surface area contributed by atoms with Crippen LogP contribution in [0.2, 0.25) is 0 Å². The van der Waals surface area contributed by atoms with Crippen molar-refractivity contribution in [3.63, 3.8) is 0 Å². The van der Waals surface area contributed by atoms with Crippen LogP contribution in [0, 0.1) is 0 Å². The number of aliphatic hydroxyl groups is 1. The summed E-state index contributed by atoms with van der Waals surface area (Å²) in [6.45, 7) is 3.68. The van der Waals surface area contributed by atoms with Gasteiger partial charge in [0.05, 0.1) is 16.6 Å². The number of aliphatic hydroxyl groups excluding tert-OH is 1. The van der Waals surface area contributed by atoms with Crippen LogP contribution in [0.3, 0.4) is 0 Å². The molecule has 2 N–H and O–H groups in total. The normalized spacial score (nSPS) is 13.4. The number of sulfonamides is 1. The second kappa shape index (κ2) is 6.83. The maximum atomic E-state index is 12.4. The lowest BCUT2D eigenvalue weighted by Gasteiger charge is -2.23. The summed E-state index contributed by atoms with van der Waals surface area (Å²) in [5.74, 6) is -1.11. The first-order chi connectivity index (χ1) is 9.28. The molecule has 0 aliphatic heterocycles. The van der Waals surface area contributed by atoms with E-state index in [2.05, 4.69) is 0 Å². The fourth-order valence-electron chi connectivity index (χ4n) is 1.77. The zero-order valence-corrected chi connectivity index (χ0v) is 12.3. The van der Waals surface area contributed by atoms with E-state index in [0.717, 1.165) is 0 Å². The number of carboxylic acid groups (broad SMARTS) is 1. The summed E-state index contributed by atoms with van der Waals surface area (Å²) in [6, 6.07) is 5.04. The first kappa shape index (κ1) is 16.6. The minimum atomic E-state index is -3.72. The molecule has 0 aromatic heterocycles. The molecule has 6 nitrogen and oxygen atoms in total. The molecule has 0 saturated heterocycles. The lowest BCUT2D eigenvalue weighted by Crippen LogP contribution is -2.37. The minimum absolute atomic E-state index is 0.0108. The summed E-state index contributed by atoms with van der Waals surface area (Å²) in [6.07, 6.45) is -0.145. The molecule has 0 radical (unpaired) electrons. The molecule has 1 rings (SSSR count). The molecule has 112 valence electrons. The van der Waals surface area contributed by atoms with Gasteiger partial charge in [0.15, 0.2) is 0 Å². The van der Waals surface area contributed by atoms with Crippen molar-refractivity contribution in [3.05, 3.63) is 29.8 Å². The number of aromatic carboxylic acids is 1. The maximum absolute atomic E-state index is 12.4. The Morgan fingerprint density at radius 1 is 1.30 bits per heavy atom. The third-order valence-electron chi connectivity index (χ3n) is 2.68. The molecular formula is C13H19NO5S. The zero-order valence-electron chi connectivity index (χ0n) is 11.5. The Kier molecular flexibility index (Phi) is 5.67. The third-order valence-corrected chi connectivity index (χ3v) is 4.56. The minimum Gasteiger partial charge on any atom is -0.478 e. The molecule has 0 bridgehead atoms. The molecule has 0 aliphatic carbocycles. The highest BCUT2D eigenvalue weighted by Gasteiger charge is 2.25. The van der Waals surface area contributed by atoms with E-state index in [9.17, 15) is 18.3 Å². The van der Waals surface area contributed by atoms with Crippen molar-refractivity contribution in [2.24, 2.45) is 0 Å². The summed E-state index contributed by atoms with van der Waals surface area (Å²) in [5.41, 5.74) is 0.0292. The molecule has 0 spiro atoms. The Bertz CT molecular complexity index is 551. The lowest BCUT2D eigenvalue weighted by atomic mass is 10.2. The topological polar surface area (TPSA) is 94.9 Å². The van der Waals surface area contributed by atoms with Gasteiger partial charge in [0.25, 0.3) is 0 Å². The second-order valence-corrected chi connectivity index (χ2v) is 6.48. The molecule has 0 unspecified atom stereocenters. The van der Waals surface area contributed by atoms with E-state index in [1.165, 1.54) is 35.5 Å². The van der Waals surface area contributed by atoms with E-state index in [1.807, 2.05) is 6.92 Å². The van der Waals surface area contributed by atoms with E-state index in [1.54, 1.807) is 0 Å². The highest BCUT2D eigenvalue weighted by molar-refractivity contribution is 7.89. The zero-order chi connectivity index (χ0) is 15.3. The number of hydrogen-bond acceptors (Lipinski definition) is 4. The number of carboxylic acids is 1. The summed E-state index contributed by atoms with van der Waals surface area (Å²) < 4.78 is 26.0. The van der Waals surface area contributed by atoms with Gasteiger partial charge in [-0.1, -0.05) is 6.92 Å². The van der Waals surface area contributed by atoms with Gasteiger partial charge < -0.3 is 10.2 Å². The van der Waals surface area contributed by atoms with Crippen LogP contribution in [-0.2, 0) is 10.0 Å². The van der Waals surface area contributed by atoms with Crippen molar-refractivity contribution in [2.45, 2.75) is 31.3 Å². The monoisotopic (exact) mass is 301 g/mol. The Hall–Kier alpha value is -1.44. The largest absolute Gasteiger partial charge is 0.478 e. The number of benzene rings is 1. The second-order valence-electron chi connectivity index (χ2n) is 4.54. The van der Waals surface area contributed by atoms with Gasteiger partial charge in [0, 0.05) is 13.1 Å². The molecule has 7 heteroatoms. The fourth-order valence-corrected chi connectivity index (χ4v) is 3.39. The SMILES string of the molecule is CCCN(C[C@H](C)O)S(=O)(=O)c1ccc(C(=O)O)cc1. The van der Waals surface area contributed by atoms with Crippen LogP contribution < -0.4 is 0 Å². The van der Waals surface area contributed by atoms with Crippen LogP contribution >= 0.6 is 0 Å². The van der Waals surface area contributed by atoms with Crippen LogP contribution in [-0.4, -0.2) is 48.1 Å². The molecule has 0 fully saturated rings. The summed E-state index contributed by atoms with van der Waals surface area (Å²) in [5, 5.41) is 18.2. The maximum Gasteiger partial charge on any atom is 0.335 e. The number of rotatable bonds is 7. The molecular weight excluding hydrogens is 282 g/mol. The number of hydrogen-bond donors (Lipinski definition) is 2. The molecule has 0 saturated carbocycles. The average Bonchev–Trinajstić information content (AvgIpc) is 2.37. The van der Waals surface area contributed by atoms with Gasteiger partial charge in [0.2, 0.25) is 10.0 Å². The summed E-state index contributed by atoms with van der Waals surface area (Å²) in [7, 11) is -3.72. The van der Waals surface area contributed by atoms with Gasteiger partial charge in [-0.15, -0.1) is 0 Å². The third kappa shape index (κ3) is 4.03.